The van der Waals surface area contributed by atoms with E-state index in [0.717, 1.165) is 33.3 Å². The highest BCUT2D eigenvalue weighted by molar-refractivity contribution is 9.11. The van der Waals surface area contributed by atoms with Crippen LogP contribution in [-0.2, 0) is 4.79 Å². The van der Waals surface area contributed by atoms with Crippen LogP contribution in [0.3, 0.4) is 0 Å². The largest absolute Gasteiger partial charge is 0.494 e. The monoisotopic (exact) mass is 576 g/mol. The van der Waals surface area contributed by atoms with E-state index in [0.29, 0.717) is 24.5 Å². The average Bonchev–Trinajstić information content (AvgIpc) is 2.79. The molecular formula is C26H30Br2N2O3. The van der Waals surface area contributed by atoms with Gasteiger partial charge in [-0.1, -0.05) is 39.0 Å². The van der Waals surface area contributed by atoms with Crippen molar-refractivity contribution in [2.45, 2.75) is 52.4 Å². The fourth-order valence-electron chi connectivity index (χ4n) is 3.17. The summed E-state index contributed by atoms with van der Waals surface area (Å²) >= 11 is 7.09. The number of benzene rings is 2. The van der Waals surface area contributed by atoms with Crippen molar-refractivity contribution in [2.75, 3.05) is 18.5 Å². The maximum Gasteiger partial charge on any atom is 0.266 e. The van der Waals surface area contributed by atoms with Crippen molar-refractivity contribution in [3.8, 4) is 17.6 Å². The van der Waals surface area contributed by atoms with E-state index in [-0.39, 0.29) is 5.57 Å². The molecule has 0 fully saturated rings. The summed E-state index contributed by atoms with van der Waals surface area (Å²) < 4.78 is 12.9. The Hall–Kier alpha value is -2.30. The molecule has 0 heterocycles. The van der Waals surface area contributed by atoms with E-state index in [2.05, 4.69) is 44.1 Å². The van der Waals surface area contributed by atoms with Gasteiger partial charge >= 0.3 is 0 Å². The number of nitriles is 1. The molecule has 2 aromatic rings. The van der Waals surface area contributed by atoms with E-state index >= 15 is 0 Å². The van der Waals surface area contributed by atoms with E-state index in [9.17, 15) is 10.1 Å². The van der Waals surface area contributed by atoms with Gasteiger partial charge in [-0.05, 0) is 93.2 Å². The van der Waals surface area contributed by atoms with E-state index < -0.39 is 5.91 Å². The molecule has 0 aromatic heterocycles. The third kappa shape index (κ3) is 9.23. The standard InChI is InChI=1S/C26H30Br2N2O3/c1-3-5-6-7-8-9-14-33-25-23(27)16-19(17-24(25)28)15-20(18-29)26(31)30-21-10-12-22(13-11-21)32-4-2/h10-13,15-17H,3-9,14H2,1-2H3,(H,30,31)/b20-15+. The highest BCUT2D eigenvalue weighted by Gasteiger charge is 2.13. The Morgan fingerprint density at radius 2 is 1.64 bits per heavy atom. The number of nitrogens with zero attached hydrogens (tertiary/aromatic N) is 1. The van der Waals surface area contributed by atoms with Gasteiger partial charge in [-0.2, -0.15) is 5.26 Å². The minimum Gasteiger partial charge on any atom is -0.494 e. The molecule has 0 radical (unpaired) electrons. The molecule has 7 heteroatoms. The molecule has 0 saturated heterocycles. The Bertz CT molecular complexity index is 959. The maximum atomic E-state index is 12.6. The number of anilines is 1. The van der Waals surface area contributed by atoms with Crippen LogP contribution in [0.2, 0.25) is 0 Å². The summed E-state index contributed by atoms with van der Waals surface area (Å²) in [6.07, 6.45) is 8.76. The Balaban J connectivity index is 2.00. The third-order valence-electron chi connectivity index (χ3n) is 4.86. The molecule has 0 aliphatic rings. The molecule has 33 heavy (non-hydrogen) atoms. The quantitative estimate of drug-likeness (QED) is 0.149. The molecule has 0 spiro atoms. The fourth-order valence-corrected chi connectivity index (χ4v) is 4.62. The Morgan fingerprint density at radius 3 is 2.24 bits per heavy atom. The first-order valence-corrected chi connectivity index (χ1v) is 12.8. The van der Waals surface area contributed by atoms with Crippen LogP contribution in [-0.4, -0.2) is 19.1 Å². The van der Waals surface area contributed by atoms with Gasteiger partial charge < -0.3 is 14.8 Å². The van der Waals surface area contributed by atoms with Crippen LogP contribution in [0, 0.1) is 11.3 Å². The van der Waals surface area contributed by atoms with Gasteiger partial charge in [0.1, 0.15) is 23.1 Å². The topological polar surface area (TPSA) is 71.3 Å². The van der Waals surface area contributed by atoms with Crippen molar-refractivity contribution in [1.29, 1.82) is 5.26 Å². The zero-order chi connectivity index (χ0) is 24.1. The second-order valence-electron chi connectivity index (χ2n) is 7.51. The number of unbranched alkanes of at least 4 members (excludes halogenated alkanes) is 5. The van der Waals surface area contributed by atoms with E-state index in [1.165, 1.54) is 25.7 Å². The number of hydrogen-bond donors (Lipinski definition) is 1. The number of ether oxygens (including phenoxy) is 2. The maximum absolute atomic E-state index is 12.6. The number of carbonyl (C=O) groups is 1. The Labute approximate surface area is 213 Å². The molecule has 176 valence electrons. The van der Waals surface area contributed by atoms with E-state index in [4.69, 9.17) is 9.47 Å². The molecule has 0 atom stereocenters. The van der Waals surface area contributed by atoms with Crippen molar-refractivity contribution in [3.05, 3.63) is 56.5 Å². The summed E-state index contributed by atoms with van der Waals surface area (Å²) in [5, 5.41) is 12.3. The molecule has 5 nitrogen and oxygen atoms in total. The summed E-state index contributed by atoms with van der Waals surface area (Å²) in [5.74, 6) is 0.968. The normalized spacial score (nSPS) is 11.1. The summed E-state index contributed by atoms with van der Waals surface area (Å²) in [4.78, 5) is 12.6. The van der Waals surface area contributed by atoms with Crippen molar-refractivity contribution < 1.29 is 14.3 Å². The average molecular weight is 578 g/mol. The summed E-state index contributed by atoms with van der Waals surface area (Å²) in [5.41, 5.74) is 1.30. The molecule has 0 saturated carbocycles. The van der Waals surface area contributed by atoms with Gasteiger partial charge in [0.25, 0.3) is 5.91 Å². The summed E-state index contributed by atoms with van der Waals surface area (Å²) in [6.45, 7) is 5.34. The number of rotatable bonds is 13. The van der Waals surface area contributed by atoms with Gasteiger partial charge in [-0.25, -0.2) is 0 Å². The first-order valence-electron chi connectivity index (χ1n) is 11.3. The van der Waals surface area contributed by atoms with Crippen LogP contribution in [0.4, 0.5) is 5.69 Å². The molecule has 1 amide bonds. The molecule has 2 rings (SSSR count). The van der Waals surface area contributed by atoms with Crippen LogP contribution in [0.1, 0.15) is 57.9 Å². The third-order valence-corrected chi connectivity index (χ3v) is 6.04. The number of carbonyl (C=O) groups excluding carboxylic acids is 1. The second kappa shape index (κ2) is 14.8. The first kappa shape index (κ1) is 26.9. The highest BCUT2D eigenvalue weighted by atomic mass is 79.9. The van der Waals surface area contributed by atoms with Crippen LogP contribution < -0.4 is 14.8 Å². The van der Waals surface area contributed by atoms with Crippen LogP contribution in [0.25, 0.3) is 6.08 Å². The zero-order valence-electron chi connectivity index (χ0n) is 19.1. The van der Waals surface area contributed by atoms with E-state index in [1.54, 1.807) is 30.3 Å². The summed E-state index contributed by atoms with van der Waals surface area (Å²) in [7, 11) is 0. The smallest absolute Gasteiger partial charge is 0.266 e. The number of nitrogens with one attached hydrogen (secondary N) is 1. The lowest BCUT2D eigenvalue weighted by Crippen LogP contribution is -2.13. The summed E-state index contributed by atoms with van der Waals surface area (Å²) in [6, 6.07) is 12.7. The Kier molecular flexibility index (Phi) is 12.1. The van der Waals surface area contributed by atoms with Gasteiger partial charge in [-0.3, -0.25) is 4.79 Å². The molecule has 0 aliphatic carbocycles. The Morgan fingerprint density at radius 1 is 1.00 bits per heavy atom. The van der Waals surface area contributed by atoms with Crippen molar-refractivity contribution in [3.63, 3.8) is 0 Å². The molecular weight excluding hydrogens is 548 g/mol. The van der Waals surface area contributed by atoms with Gasteiger partial charge in [0.2, 0.25) is 0 Å². The van der Waals surface area contributed by atoms with Crippen LogP contribution in [0.5, 0.6) is 11.5 Å². The molecule has 0 bridgehead atoms. The van der Waals surface area contributed by atoms with Gasteiger partial charge in [0, 0.05) is 5.69 Å². The second-order valence-corrected chi connectivity index (χ2v) is 9.22. The minimum absolute atomic E-state index is 0.00318. The highest BCUT2D eigenvalue weighted by Crippen LogP contribution is 2.35. The van der Waals surface area contributed by atoms with E-state index in [1.807, 2.05) is 25.1 Å². The van der Waals surface area contributed by atoms with Gasteiger partial charge in [0.05, 0.1) is 22.2 Å². The van der Waals surface area contributed by atoms with Crippen molar-refractivity contribution in [1.82, 2.24) is 0 Å². The van der Waals surface area contributed by atoms with Gasteiger partial charge in [0.15, 0.2) is 0 Å². The molecule has 0 aliphatic heterocycles. The lowest BCUT2D eigenvalue weighted by molar-refractivity contribution is -0.112. The molecule has 0 unspecified atom stereocenters. The minimum atomic E-state index is -0.475. The van der Waals surface area contributed by atoms with Gasteiger partial charge in [-0.15, -0.1) is 0 Å². The van der Waals surface area contributed by atoms with Crippen LogP contribution >= 0.6 is 31.9 Å². The van der Waals surface area contributed by atoms with Crippen LogP contribution in [0.15, 0.2) is 50.9 Å². The SMILES string of the molecule is CCCCCCCCOc1c(Br)cc(/C=C(\C#N)C(=O)Nc2ccc(OCC)cc2)cc1Br. The number of amides is 1. The predicted molar refractivity (Wildman–Crippen MR) is 141 cm³/mol. The zero-order valence-corrected chi connectivity index (χ0v) is 22.3. The van der Waals surface area contributed by atoms with Crippen molar-refractivity contribution in [2.24, 2.45) is 0 Å². The molecule has 1 N–H and O–H groups in total. The fraction of sp³-hybridized carbons (Fsp3) is 0.385. The molecule has 2 aromatic carbocycles. The number of hydrogen-bond acceptors (Lipinski definition) is 4. The first-order chi connectivity index (χ1) is 16.0. The lowest BCUT2D eigenvalue weighted by atomic mass is 10.1. The lowest BCUT2D eigenvalue weighted by Gasteiger charge is -2.12. The number of halogens is 2. The van der Waals surface area contributed by atoms with Crippen molar-refractivity contribution >= 4 is 49.5 Å². The predicted octanol–water partition coefficient (Wildman–Crippen LogP) is 7.90.